The van der Waals surface area contributed by atoms with Crippen molar-refractivity contribution in [3.63, 3.8) is 0 Å². The molecular weight excluding hydrogens is 198 g/mol. The Kier molecular flexibility index (Phi) is 2.85. The predicted octanol–water partition coefficient (Wildman–Crippen LogP) is 1.68. The van der Waals surface area contributed by atoms with Crippen LogP contribution in [0.15, 0.2) is 24.3 Å². The fourth-order valence-corrected chi connectivity index (χ4v) is 1.21. The predicted molar refractivity (Wildman–Crippen MR) is 57.8 cm³/mol. The summed E-state index contributed by atoms with van der Waals surface area (Å²) in [6, 6.07) is 9.91. The first-order valence-electron chi connectivity index (χ1n) is 4.27. The highest BCUT2D eigenvalue weighted by Crippen LogP contribution is 2.18. The highest BCUT2D eigenvalue weighted by Gasteiger charge is 2.29. The summed E-state index contributed by atoms with van der Waals surface area (Å²) in [6.07, 6.45) is 1.22. The smallest absolute Gasteiger partial charge is 0.170 e. The van der Waals surface area contributed by atoms with Crippen LogP contribution in [-0.4, -0.2) is 19.5 Å². The molecule has 4 heteroatoms. The van der Waals surface area contributed by atoms with E-state index in [0.717, 1.165) is 5.69 Å². The van der Waals surface area contributed by atoms with Gasteiger partial charge in [0.1, 0.15) is 4.87 Å². The highest BCUT2D eigenvalue weighted by atomic mass is 32.2. The Balaban J connectivity index is 2.90. The van der Waals surface area contributed by atoms with Gasteiger partial charge in [-0.25, -0.2) is 8.42 Å². The second-order valence-electron chi connectivity index (χ2n) is 3.70. The number of sulfone groups is 1. The molecule has 0 spiro atoms. The number of hydrogen-bond acceptors (Lipinski definition) is 3. The molecule has 0 saturated heterocycles. The van der Waals surface area contributed by atoms with Crippen molar-refractivity contribution in [2.75, 3.05) is 11.6 Å². The molecule has 0 bridgehead atoms. The molecule has 14 heavy (non-hydrogen) atoms. The lowest BCUT2D eigenvalue weighted by Gasteiger charge is -2.25. The van der Waals surface area contributed by atoms with Gasteiger partial charge in [-0.2, -0.15) is 0 Å². The maximum absolute atomic E-state index is 11.4. The Bertz CT molecular complexity index is 395. The number of hydrogen-bond donors (Lipinski definition) is 1. The summed E-state index contributed by atoms with van der Waals surface area (Å²) in [5.74, 6) is 0. The molecule has 0 aliphatic rings. The minimum Gasteiger partial charge on any atom is -0.367 e. The van der Waals surface area contributed by atoms with Crippen molar-refractivity contribution in [3.8, 4) is 0 Å². The highest BCUT2D eigenvalue weighted by molar-refractivity contribution is 7.92. The standard InChI is InChI=1S/C10H14NO2S/c1-10(2,14(3,12)13)11-9-7-5-4-6-8-9/h5-8,11H,1-3H3. The van der Waals surface area contributed by atoms with Gasteiger partial charge in [-0.1, -0.05) is 12.1 Å². The van der Waals surface area contributed by atoms with E-state index in [0.29, 0.717) is 0 Å². The molecule has 1 N–H and O–H groups in total. The third-order valence-corrected chi connectivity index (χ3v) is 4.05. The summed E-state index contributed by atoms with van der Waals surface area (Å²) >= 11 is 0. The molecule has 0 amide bonds. The Morgan fingerprint density at radius 1 is 1.29 bits per heavy atom. The van der Waals surface area contributed by atoms with Gasteiger partial charge < -0.3 is 5.32 Å². The van der Waals surface area contributed by atoms with Crippen LogP contribution >= 0.6 is 0 Å². The molecule has 0 fully saturated rings. The fourth-order valence-electron chi connectivity index (χ4n) is 0.911. The van der Waals surface area contributed by atoms with Gasteiger partial charge in [-0.15, -0.1) is 0 Å². The van der Waals surface area contributed by atoms with Crippen molar-refractivity contribution < 1.29 is 8.42 Å². The van der Waals surface area contributed by atoms with Crippen LogP contribution in [0.25, 0.3) is 0 Å². The minimum absolute atomic E-state index is 0.777. The first-order valence-corrected chi connectivity index (χ1v) is 6.16. The zero-order valence-corrected chi connectivity index (χ0v) is 9.35. The lowest BCUT2D eigenvalue weighted by molar-refractivity contribution is 0.570. The van der Waals surface area contributed by atoms with E-state index < -0.39 is 14.7 Å². The van der Waals surface area contributed by atoms with Crippen molar-refractivity contribution >= 4 is 15.5 Å². The van der Waals surface area contributed by atoms with Gasteiger partial charge in [0.25, 0.3) is 0 Å². The quantitative estimate of drug-likeness (QED) is 0.829. The summed E-state index contributed by atoms with van der Waals surface area (Å²) in [6.45, 7) is 3.28. The zero-order chi connectivity index (χ0) is 10.8. The molecule has 0 atom stereocenters. The van der Waals surface area contributed by atoms with Crippen LogP contribution in [0, 0.1) is 6.07 Å². The van der Waals surface area contributed by atoms with E-state index in [9.17, 15) is 8.42 Å². The number of rotatable bonds is 3. The Morgan fingerprint density at radius 2 is 1.79 bits per heavy atom. The molecule has 0 unspecified atom stereocenters. The van der Waals surface area contributed by atoms with Gasteiger partial charge in [0, 0.05) is 11.9 Å². The molecule has 1 radical (unpaired) electrons. The summed E-state index contributed by atoms with van der Waals surface area (Å²) in [5, 5.41) is 2.95. The van der Waals surface area contributed by atoms with Gasteiger partial charge in [0.15, 0.2) is 9.84 Å². The lowest BCUT2D eigenvalue weighted by Crippen LogP contribution is -2.39. The lowest BCUT2D eigenvalue weighted by atomic mass is 10.3. The van der Waals surface area contributed by atoms with E-state index in [1.165, 1.54) is 6.26 Å². The topological polar surface area (TPSA) is 46.2 Å². The summed E-state index contributed by atoms with van der Waals surface area (Å²) in [4.78, 5) is -0.950. The first-order chi connectivity index (χ1) is 6.33. The molecule has 0 aliphatic carbocycles. The minimum atomic E-state index is -3.12. The second kappa shape index (κ2) is 3.61. The number of anilines is 1. The molecule has 1 aromatic rings. The molecular formula is C10H14NO2S. The van der Waals surface area contributed by atoms with Gasteiger partial charge in [0.05, 0.1) is 0 Å². The molecule has 77 valence electrons. The third kappa shape index (κ3) is 2.48. The molecule has 0 aliphatic heterocycles. The maximum Gasteiger partial charge on any atom is 0.170 e. The molecule has 3 nitrogen and oxygen atoms in total. The van der Waals surface area contributed by atoms with Crippen LogP contribution in [0.4, 0.5) is 5.69 Å². The van der Waals surface area contributed by atoms with Gasteiger partial charge in [-0.05, 0) is 32.0 Å². The maximum atomic E-state index is 11.4. The van der Waals surface area contributed by atoms with E-state index in [4.69, 9.17) is 0 Å². The average molecular weight is 212 g/mol. The second-order valence-corrected chi connectivity index (χ2v) is 6.26. The largest absolute Gasteiger partial charge is 0.367 e. The van der Waals surface area contributed by atoms with E-state index >= 15 is 0 Å². The van der Waals surface area contributed by atoms with Crippen LogP contribution in [0.2, 0.25) is 0 Å². The van der Waals surface area contributed by atoms with E-state index in [1.54, 1.807) is 38.1 Å². The van der Waals surface area contributed by atoms with Crippen molar-refractivity contribution in [2.24, 2.45) is 0 Å². The average Bonchev–Trinajstić information content (AvgIpc) is 2.03. The fraction of sp³-hybridized carbons (Fsp3) is 0.400. The summed E-state index contributed by atoms with van der Waals surface area (Å²) in [5.41, 5.74) is 0.777. The van der Waals surface area contributed by atoms with Crippen LogP contribution in [0.3, 0.4) is 0 Å². The van der Waals surface area contributed by atoms with E-state index in [1.807, 2.05) is 0 Å². The molecule has 0 aromatic heterocycles. The molecule has 1 aromatic carbocycles. The van der Waals surface area contributed by atoms with Crippen molar-refractivity contribution in [3.05, 3.63) is 30.3 Å². The van der Waals surface area contributed by atoms with Gasteiger partial charge >= 0.3 is 0 Å². The molecule has 0 heterocycles. The van der Waals surface area contributed by atoms with Gasteiger partial charge in [-0.3, -0.25) is 0 Å². The van der Waals surface area contributed by atoms with Crippen molar-refractivity contribution in [1.29, 1.82) is 0 Å². The first kappa shape index (κ1) is 11.0. The van der Waals surface area contributed by atoms with Crippen LogP contribution in [0.1, 0.15) is 13.8 Å². The van der Waals surface area contributed by atoms with E-state index in [2.05, 4.69) is 11.4 Å². The van der Waals surface area contributed by atoms with Crippen LogP contribution in [0.5, 0.6) is 0 Å². The van der Waals surface area contributed by atoms with Crippen LogP contribution < -0.4 is 5.32 Å². The number of benzene rings is 1. The Morgan fingerprint density at radius 3 is 2.21 bits per heavy atom. The monoisotopic (exact) mass is 212 g/mol. The summed E-state index contributed by atoms with van der Waals surface area (Å²) < 4.78 is 22.8. The zero-order valence-electron chi connectivity index (χ0n) is 8.53. The van der Waals surface area contributed by atoms with Gasteiger partial charge in [0.2, 0.25) is 0 Å². The number of nitrogens with one attached hydrogen (secondary N) is 1. The molecule has 1 rings (SSSR count). The van der Waals surface area contributed by atoms with Crippen molar-refractivity contribution in [2.45, 2.75) is 18.7 Å². The third-order valence-electron chi connectivity index (χ3n) is 2.09. The molecule has 0 saturated carbocycles. The Hall–Kier alpha value is -1.03. The van der Waals surface area contributed by atoms with Crippen molar-refractivity contribution in [1.82, 2.24) is 0 Å². The van der Waals surface area contributed by atoms with E-state index in [-0.39, 0.29) is 0 Å². The Labute approximate surface area is 85.1 Å². The van der Waals surface area contributed by atoms with Crippen LogP contribution in [-0.2, 0) is 9.84 Å². The normalized spacial score (nSPS) is 12.5. The summed E-state index contributed by atoms with van der Waals surface area (Å²) in [7, 11) is -3.12. The SMILES string of the molecule is CC(C)(Nc1cc[c]cc1)S(C)(=O)=O.